The van der Waals surface area contributed by atoms with Crippen molar-refractivity contribution in [1.82, 2.24) is 0 Å². The van der Waals surface area contributed by atoms with Gasteiger partial charge in [0.05, 0.1) is 0 Å². The Bertz CT molecular complexity index is 36.6. The molecule has 0 radical (unpaired) electrons. The van der Waals surface area contributed by atoms with Crippen LogP contribution < -0.4 is 0 Å². The van der Waals surface area contributed by atoms with Crippen LogP contribution in [0.3, 0.4) is 0 Å². The summed E-state index contributed by atoms with van der Waals surface area (Å²) >= 11 is 9.63. The van der Waals surface area contributed by atoms with Gasteiger partial charge in [-0.05, 0) is 27.4 Å². The number of hydrogen-bond donors (Lipinski definition) is 0. The predicted molar refractivity (Wildman–Crippen MR) is 24.4 cm³/mol. The molecule has 0 fully saturated rings. The molecule has 0 bridgehead atoms. The van der Waals surface area contributed by atoms with Gasteiger partial charge in [-0.1, -0.05) is 0 Å². The Morgan fingerprint density at radius 2 is 1.80 bits per heavy atom. The molecule has 0 unspecified atom stereocenters. The minimum absolute atomic E-state index is 1.58. The maximum absolute atomic E-state index is 9.02. The van der Waals surface area contributed by atoms with E-state index in [-0.39, 0.29) is 0 Å². The van der Waals surface area contributed by atoms with E-state index in [1.54, 1.807) is 0 Å². The van der Waals surface area contributed by atoms with Gasteiger partial charge in [0.1, 0.15) is 0 Å². The molecule has 5 heavy (non-hydrogen) atoms. The molecular formula is Cl2NOP. The van der Waals surface area contributed by atoms with Gasteiger partial charge < -0.3 is 0 Å². The highest BCUT2D eigenvalue weighted by Gasteiger charge is 1.89. The second kappa shape index (κ2) is 2.83. The molecule has 5 heteroatoms. The van der Waals surface area contributed by atoms with E-state index in [1.165, 1.54) is 0 Å². The number of rotatable bonds is 1. The fourth-order valence-corrected chi connectivity index (χ4v) is 0. The second-order valence-corrected chi connectivity index (χ2v) is 3.33. The third-order valence-corrected chi connectivity index (χ3v) is 0.555. The van der Waals surface area contributed by atoms with E-state index < -0.39 is 6.78 Å². The van der Waals surface area contributed by atoms with Gasteiger partial charge in [0.15, 0.2) is 0 Å². The summed E-state index contributed by atoms with van der Waals surface area (Å²) in [6, 6.07) is 0. The summed E-state index contributed by atoms with van der Waals surface area (Å²) in [4.78, 5) is 11.3. The number of hydrogen-bond acceptors (Lipinski definition) is 2. The Balaban J connectivity index is 2.83. The number of nitroso groups, excluding NO2 is 1. The Labute approximate surface area is 39.8 Å². The van der Waals surface area contributed by atoms with E-state index in [1.807, 2.05) is 0 Å². The smallest absolute Gasteiger partial charge is 0.144 e. The molecule has 0 amide bonds. The fraction of sp³-hybridized carbons (Fsp3) is 0. The number of nitrogens with zero attached hydrogens (tertiary/aromatic N) is 1. The molecule has 2 nitrogen and oxygen atoms in total. The van der Waals surface area contributed by atoms with Crippen molar-refractivity contribution in [3.63, 3.8) is 0 Å². The van der Waals surface area contributed by atoms with Gasteiger partial charge in [-0.2, -0.15) is 0 Å². The van der Waals surface area contributed by atoms with E-state index in [4.69, 9.17) is 27.4 Å². The Morgan fingerprint density at radius 1 is 1.60 bits per heavy atom. The van der Waals surface area contributed by atoms with Gasteiger partial charge >= 0.3 is 0 Å². The van der Waals surface area contributed by atoms with E-state index in [0.717, 1.165) is 0 Å². The fourth-order valence-electron chi connectivity index (χ4n) is 0. The molecule has 30 valence electrons. The van der Waals surface area contributed by atoms with Gasteiger partial charge in [0.2, 0.25) is 0 Å². The van der Waals surface area contributed by atoms with Crippen molar-refractivity contribution in [3.8, 4) is 0 Å². The van der Waals surface area contributed by atoms with Crippen molar-refractivity contribution in [2.75, 3.05) is 0 Å². The molecule has 0 saturated carbocycles. The van der Waals surface area contributed by atoms with Crippen LogP contribution in [0.5, 0.6) is 0 Å². The van der Waals surface area contributed by atoms with Crippen LogP contribution in [0, 0.1) is 4.91 Å². The van der Waals surface area contributed by atoms with E-state index >= 15 is 0 Å². The van der Waals surface area contributed by atoms with Crippen molar-refractivity contribution in [1.29, 1.82) is 0 Å². The average Bonchev–Trinajstić information content (AvgIpc) is 1.38. The van der Waals surface area contributed by atoms with Crippen molar-refractivity contribution < 1.29 is 0 Å². The highest BCUT2D eigenvalue weighted by atomic mass is 35.9. The summed E-state index contributed by atoms with van der Waals surface area (Å²) in [6.45, 7) is -1.58. The largest absolute Gasteiger partial charge is 0.255 e. The first-order chi connectivity index (χ1) is 2.27. The van der Waals surface area contributed by atoms with Crippen LogP contribution in [-0.4, -0.2) is 0 Å². The second-order valence-electron chi connectivity index (χ2n) is 0.297. The SMILES string of the molecule is O=NP(Cl)Cl. The van der Waals surface area contributed by atoms with Crippen molar-refractivity contribution >= 4 is 29.3 Å². The number of halogens is 2. The van der Waals surface area contributed by atoms with E-state index in [9.17, 15) is 0 Å². The normalized spacial score (nSPS) is 8.60. The van der Waals surface area contributed by atoms with Crippen LogP contribution in [0.25, 0.3) is 0 Å². The van der Waals surface area contributed by atoms with Gasteiger partial charge in [-0.15, -0.1) is 4.91 Å². The van der Waals surface area contributed by atoms with Crippen LogP contribution in [0.1, 0.15) is 0 Å². The third-order valence-electron chi connectivity index (χ3n) is 0.0617. The molecule has 0 spiro atoms. The Hall–Kier alpha value is 0.610. The first-order valence-corrected chi connectivity index (χ1v) is 3.83. The van der Waals surface area contributed by atoms with E-state index in [2.05, 4.69) is 4.95 Å². The van der Waals surface area contributed by atoms with E-state index in [0.29, 0.717) is 0 Å². The lowest BCUT2D eigenvalue weighted by atomic mass is 13.7. The molecular weight excluding hydrogens is 132 g/mol. The summed E-state index contributed by atoms with van der Waals surface area (Å²) in [5, 5.41) is 0. The van der Waals surface area contributed by atoms with Crippen molar-refractivity contribution in [2.45, 2.75) is 0 Å². The lowest BCUT2D eigenvalue weighted by Gasteiger charge is -1.69. The monoisotopic (exact) mass is 131 g/mol. The minimum Gasteiger partial charge on any atom is -0.144 e. The van der Waals surface area contributed by atoms with Crippen LogP contribution in [0.4, 0.5) is 0 Å². The van der Waals surface area contributed by atoms with Gasteiger partial charge in [-0.3, -0.25) is 0 Å². The zero-order valence-electron chi connectivity index (χ0n) is 2.06. The molecule has 0 aromatic carbocycles. The summed E-state index contributed by atoms with van der Waals surface area (Å²) < 4.78 is 0. The minimum atomic E-state index is -1.58. The van der Waals surface area contributed by atoms with Gasteiger partial charge in [-0.25, -0.2) is 0 Å². The summed E-state index contributed by atoms with van der Waals surface area (Å²) in [5.74, 6) is 0. The summed E-state index contributed by atoms with van der Waals surface area (Å²) in [5.41, 5.74) is 0. The lowest BCUT2D eigenvalue weighted by molar-refractivity contribution is 1.87. The first kappa shape index (κ1) is 5.61. The van der Waals surface area contributed by atoms with Crippen LogP contribution in [-0.2, 0) is 0 Å². The predicted octanol–water partition coefficient (Wildman–Crippen LogP) is 2.46. The van der Waals surface area contributed by atoms with Gasteiger partial charge in [0.25, 0.3) is 6.78 Å². The molecule has 0 aliphatic heterocycles. The highest BCUT2D eigenvalue weighted by molar-refractivity contribution is 8.02. The molecule has 0 aromatic heterocycles. The standard InChI is InChI=1S/Cl2NOP/c1-5(2)3-4. The van der Waals surface area contributed by atoms with Crippen LogP contribution >= 0.6 is 29.3 Å². The summed E-state index contributed by atoms with van der Waals surface area (Å²) in [7, 11) is 0. The molecule has 0 aliphatic rings. The zero-order valence-corrected chi connectivity index (χ0v) is 4.46. The molecule has 0 aromatic rings. The maximum atomic E-state index is 9.02. The Morgan fingerprint density at radius 3 is 1.80 bits per heavy atom. The average molecular weight is 132 g/mol. The maximum Gasteiger partial charge on any atom is 0.255 e. The van der Waals surface area contributed by atoms with Crippen molar-refractivity contribution in [3.05, 3.63) is 4.91 Å². The Kier molecular flexibility index (Phi) is 3.17. The molecule has 0 rings (SSSR count). The molecule has 0 saturated heterocycles. The zero-order chi connectivity index (χ0) is 4.28. The first-order valence-electron chi connectivity index (χ1n) is 0.721. The summed E-state index contributed by atoms with van der Waals surface area (Å²) in [6.07, 6.45) is 0. The highest BCUT2D eigenvalue weighted by Crippen LogP contribution is 2.47. The van der Waals surface area contributed by atoms with Crippen LogP contribution in [0.15, 0.2) is 4.95 Å². The molecule has 0 heterocycles. The quantitative estimate of drug-likeness (QED) is 0.397. The van der Waals surface area contributed by atoms with Crippen molar-refractivity contribution in [2.24, 2.45) is 4.95 Å². The topological polar surface area (TPSA) is 29.4 Å². The molecule has 0 aliphatic carbocycles. The molecule has 0 N–H and O–H groups in total. The molecule has 0 atom stereocenters. The van der Waals surface area contributed by atoms with Gasteiger partial charge in [0, 0.05) is 0 Å². The van der Waals surface area contributed by atoms with Crippen LogP contribution in [0.2, 0.25) is 0 Å². The lowest BCUT2D eigenvalue weighted by Crippen LogP contribution is -1.21. The third kappa shape index (κ3) is 4.61.